The summed E-state index contributed by atoms with van der Waals surface area (Å²) in [6, 6.07) is 11.8. The van der Waals surface area contributed by atoms with Gasteiger partial charge in [-0.2, -0.15) is 5.21 Å². The molecule has 0 saturated heterocycles. The lowest BCUT2D eigenvalue weighted by molar-refractivity contribution is -0.125. The number of carbonyl (C=O) groups is 1. The highest BCUT2D eigenvalue weighted by atomic mass is 16.2. The SMILES string of the molecule is CCCCc1cn(C2CCC2C(C)=O)c(=O)n1Cc1ccc(-c2ccccc2-c2nn[nH]n2)cn1. The molecule has 3 heterocycles. The Morgan fingerprint density at radius 2 is 1.97 bits per heavy atom. The molecule has 0 radical (unpaired) electrons. The largest absolute Gasteiger partial charge is 0.328 e. The Balaban J connectivity index is 1.43. The van der Waals surface area contributed by atoms with Crippen LogP contribution in [0, 0.1) is 5.92 Å². The lowest BCUT2D eigenvalue weighted by Gasteiger charge is -2.35. The molecule has 9 nitrogen and oxygen atoms in total. The fourth-order valence-electron chi connectivity index (χ4n) is 4.85. The van der Waals surface area contributed by atoms with Crippen LogP contribution in [0.15, 0.2) is 53.6 Å². The van der Waals surface area contributed by atoms with Crippen LogP contribution in [0.3, 0.4) is 0 Å². The number of Topliss-reactive ketones (excluding diaryl/α,β-unsaturated/α-hetero) is 1. The van der Waals surface area contributed by atoms with Gasteiger partial charge in [0.1, 0.15) is 5.78 Å². The summed E-state index contributed by atoms with van der Waals surface area (Å²) in [7, 11) is 0. The number of aromatic amines is 1. The normalized spacial score (nSPS) is 17.3. The number of H-pyrrole nitrogens is 1. The molecule has 4 aromatic rings. The van der Waals surface area contributed by atoms with Crippen LogP contribution >= 0.6 is 0 Å². The zero-order valence-electron chi connectivity index (χ0n) is 20.0. The Hall–Kier alpha value is -3.88. The van der Waals surface area contributed by atoms with Gasteiger partial charge in [-0.15, -0.1) is 10.2 Å². The number of ketones is 1. The smallest absolute Gasteiger partial charge is 0.300 e. The zero-order valence-corrected chi connectivity index (χ0v) is 20.0. The van der Waals surface area contributed by atoms with Gasteiger partial charge in [-0.3, -0.25) is 18.9 Å². The Morgan fingerprint density at radius 3 is 2.60 bits per heavy atom. The number of aromatic nitrogens is 7. The number of nitrogens with one attached hydrogen (secondary N) is 1. The first-order valence-corrected chi connectivity index (χ1v) is 12.2. The molecule has 3 aromatic heterocycles. The van der Waals surface area contributed by atoms with Gasteiger partial charge in [0, 0.05) is 41.2 Å². The average molecular weight is 472 g/mol. The van der Waals surface area contributed by atoms with Crippen molar-refractivity contribution >= 4 is 5.78 Å². The number of aryl methyl sites for hydroxylation is 1. The van der Waals surface area contributed by atoms with Gasteiger partial charge in [-0.05, 0) is 49.5 Å². The molecule has 1 aromatic carbocycles. The highest BCUT2D eigenvalue weighted by Gasteiger charge is 2.37. The Morgan fingerprint density at radius 1 is 1.14 bits per heavy atom. The number of rotatable bonds is 9. The van der Waals surface area contributed by atoms with E-state index in [9.17, 15) is 9.59 Å². The van der Waals surface area contributed by atoms with Gasteiger partial charge in [-0.25, -0.2) is 4.79 Å². The van der Waals surface area contributed by atoms with E-state index in [0.29, 0.717) is 12.4 Å². The third kappa shape index (κ3) is 4.45. The molecule has 2 unspecified atom stereocenters. The highest BCUT2D eigenvalue weighted by molar-refractivity contribution is 5.80. The minimum Gasteiger partial charge on any atom is -0.300 e. The van der Waals surface area contributed by atoms with Crippen LogP contribution < -0.4 is 5.69 Å². The molecule has 9 heteroatoms. The van der Waals surface area contributed by atoms with Crippen molar-refractivity contribution < 1.29 is 4.79 Å². The summed E-state index contributed by atoms with van der Waals surface area (Å²) < 4.78 is 3.61. The van der Waals surface area contributed by atoms with Crippen molar-refractivity contribution in [1.82, 2.24) is 34.7 Å². The molecule has 180 valence electrons. The van der Waals surface area contributed by atoms with Crippen molar-refractivity contribution in [3.8, 4) is 22.5 Å². The maximum absolute atomic E-state index is 13.4. The Kier molecular flexibility index (Phi) is 6.39. The maximum Gasteiger partial charge on any atom is 0.328 e. The highest BCUT2D eigenvalue weighted by Crippen LogP contribution is 2.38. The van der Waals surface area contributed by atoms with Crippen LogP contribution in [-0.4, -0.2) is 40.5 Å². The van der Waals surface area contributed by atoms with Crippen molar-refractivity contribution in [1.29, 1.82) is 0 Å². The number of benzene rings is 1. The molecule has 0 aliphatic heterocycles. The number of nitrogens with zero attached hydrogens (tertiary/aromatic N) is 6. The molecule has 0 bridgehead atoms. The molecule has 5 rings (SSSR count). The van der Waals surface area contributed by atoms with Crippen LogP contribution in [0.1, 0.15) is 57.0 Å². The van der Waals surface area contributed by atoms with Crippen molar-refractivity contribution in [2.45, 2.75) is 58.5 Å². The molecular formula is C26H29N7O2. The first kappa shape index (κ1) is 22.9. The molecule has 1 saturated carbocycles. The molecule has 1 N–H and O–H groups in total. The van der Waals surface area contributed by atoms with Gasteiger partial charge in [0.25, 0.3) is 0 Å². The monoisotopic (exact) mass is 471 g/mol. The second-order valence-electron chi connectivity index (χ2n) is 9.18. The lowest BCUT2D eigenvalue weighted by atomic mass is 9.77. The number of hydrogen-bond donors (Lipinski definition) is 1. The minimum absolute atomic E-state index is 0.0291. The third-order valence-corrected chi connectivity index (χ3v) is 6.96. The Labute approximate surface area is 203 Å². The van der Waals surface area contributed by atoms with E-state index in [-0.39, 0.29) is 23.4 Å². The van der Waals surface area contributed by atoms with Crippen molar-refractivity contribution in [3.63, 3.8) is 0 Å². The number of pyridine rings is 1. The van der Waals surface area contributed by atoms with Crippen LogP contribution in [0.25, 0.3) is 22.5 Å². The standard InChI is InChI=1S/C26H29N7O2/c1-3-4-7-20-16-33(24-13-12-21(24)17(2)34)26(35)32(20)15-19-11-10-18(14-27-19)22-8-5-6-9-23(22)25-28-30-31-29-25/h5-6,8-11,14,16,21,24H,3-4,7,12-13,15H2,1-2H3,(H,28,29,30,31). The van der Waals surface area contributed by atoms with Gasteiger partial charge < -0.3 is 0 Å². The van der Waals surface area contributed by atoms with E-state index in [1.165, 1.54) is 0 Å². The topological polar surface area (TPSA) is 111 Å². The van der Waals surface area contributed by atoms with Crippen molar-refractivity contribution in [2.75, 3.05) is 0 Å². The molecule has 1 aliphatic carbocycles. The molecule has 0 spiro atoms. The summed E-state index contributed by atoms with van der Waals surface area (Å²) in [6.45, 7) is 4.16. The number of imidazole rings is 1. The summed E-state index contributed by atoms with van der Waals surface area (Å²) in [5.74, 6) is 0.631. The molecular weight excluding hydrogens is 442 g/mol. The average Bonchev–Trinajstić information content (AvgIpc) is 3.47. The molecule has 0 amide bonds. The Bertz CT molecular complexity index is 1370. The fraction of sp³-hybridized carbons (Fsp3) is 0.385. The van der Waals surface area contributed by atoms with Crippen LogP contribution in [0.4, 0.5) is 0 Å². The van der Waals surface area contributed by atoms with Gasteiger partial charge in [-0.1, -0.05) is 43.7 Å². The van der Waals surface area contributed by atoms with E-state index >= 15 is 0 Å². The maximum atomic E-state index is 13.4. The lowest BCUT2D eigenvalue weighted by Crippen LogP contribution is -2.39. The van der Waals surface area contributed by atoms with E-state index in [1.807, 2.05) is 53.4 Å². The number of unbranched alkanes of at least 4 members (excludes halogenated alkanes) is 1. The van der Waals surface area contributed by atoms with Crippen LogP contribution in [0.2, 0.25) is 0 Å². The van der Waals surface area contributed by atoms with E-state index < -0.39 is 0 Å². The first-order valence-electron chi connectivity index (χ1n) is 12.2. The van der Waals surface area contributed by atoms with Gasteiger partial charge in [0.05, 0.1) is 12.2 Å². The fourth-order valence-corrected chi connectivity index (χ4v) is 4.85. The third-order valence-electron chi connectivity index (χ3n) is 6.96. The minimum atomic E-state index is -0.0562. The molecule has 35 heavy (non-hydrogen) atoms. The van der Waals surface area contributed by atoms with Gasteiger partial charge in [0.15, 0.2) is 0 Å². The summed E-state index contributed by atoms with van der Waals surface area (Å²) in [5.41, 5.74) is 4.51. The number of carbonyl (C=O) groups excluding carboxylic acids is 1. The van der Waals surface area contributed by atoms with Crippen molar-refractivity contribution in [3.05, 3.63) is 70.7 Å². The number of hydrogen-bond acceptors (Lipinski definition) is 6. The van der Waals surface area contributed by atoms with Gasteiger partial charge >= 0.3 is 5.69 Å². The molecule has 2 atom stereocenters. The second-order valence-corrected chi connectivity index (χ2v) is 9.18. The number of tetrazole rings is 1. The molecule has 1 fully saturated rings. The first-order chi connectivity index (χ1) is 17.1. The van der Waals surface area contributed by atoms with Crippen molar-refractivity contribution in [2.24, 2.45) is 5.92 Å². The quantitative estimate of drug-likeness (QED) is 0.397. The van der Waals surface area contributed by atoms with Gasteiger partial charge in [0.2, 0.25) is 5.82 Å². The van der Waals surface area contributed by atoms with E-state index in [1.54, 1.807) is 11.5 Å². The predicted molar refractivity (Wildman–Crippen MR) is 132 cm³/mol. The summed E-state index contributed by atoms with van der Waals surface area (Å²) in [6.07, 6.45) is 8.39. The van der Waals surface area contributed by atoms with Crippen LogP contribution in [0.5, 0.6) is 0 Å². The predicted octanol–water partition coefficient (Wildman–Crippen LogP) is 3.82. The molecule has 1 aliphatic rings. The van der Waals surface area contributed by atoms with E-state index in [2.05, 4.69) is 32.5 Å². The summed E-state index contributed by atoms with van der Waals surface area (Å²) in [5, 5.41) is 14.4. The second kappa shape index (κ2) is 9.77. The summed E-state index contributed by atoms with van der Waals surface area (Å²) in [4.78, 5) is 30.0. The van der Waals surface area contributed by atoms with E-state index in [4.69, 9.17) is 0 Å². The van der Waals surface area contributed by atoms with Crippen LogP contribution in [-0.2, 0) is 17.8 Å². The summed E-state index contributed by atoms with van der Waals surface area (Å²) >= 11 is 0. The van der Waals surface area contributed by atoms with E-state index in [0.717, 1.165) is 60.2 Å². The zero-order chi connectivity index (χ0) is 24.4.